The third-order valence-electron chi connectivity index (χ3n) is 6.73. The zero-order chi connectivity index (χ0) is 27.9. The first-order chi connectivity index (χ1) is 18.7. The summed E-state index contributed by atoms with van der Waals surface area (Å²) in [6.07, 6.45) is 8.69. The molecule has 206 valence electrons. The van der Waals surface area contributed by atoms with Crippen LogP contribution in [0.2, 0.25) is 0 Å². The first-order valence-electron chi connectivity index (χ1n) is 12.8. The zero-order valence-corrected chi connectivity index (χ0v) is 22.2. The molecule has 0 aliphatic carbocycles. The predicted octanol–water partition coefficient (Wildman–Crippen LogP) is 5.37. The lowest BCUT2D eigenvalue weighted by Gasteiger charge is -2.36. The molecule has 1 aliphatic rings. The fourth-order valence-electron chi connectivity index (χ4n) is 4.55. The van der Waals surface area contributed by atoms with E-state index in [-0.39, 0.29) is 30.0 Å². The van der Waals surface area contributed by atoms with Crippen LogP contribution < -0.4 is 10.1 Å². The van der Waals surface area contributed by atoms with Gasteiger partial charge in [-0.3, -0.25) is 9.78 Å². The van der Waals surface area contributed by atoms with Crippen LogP contribution in [-0.4, -0.2) is 61.8 Å². The average molecular weight is 540 g/mol. The van der Waals surface area contributed by atoms with Crippen LogP contribution in [-0.2, 0) is 9.53 Å². The standard InChI is InChI=1S/C30H32F3N3O3/c1-36(2)30(37)17-29-28(34-14-4-5-19-15-20(31)6-11-25(19)32)13-8-21(39-29)7-10-23-24-16-22(38-3)9-12-27(24)35-18-26(23)33/h4-7,9-12,15-16,18,21,28-29,34H,8,13-14,17H2,1-3H3/t21-,28-,29-/m1/s1. The Bertz CT molecular complexity index is 1380. The van der Waals surface area contributed by atoms with Crippen molar-refractivity contribution in [3.63, 3.8) is 0 Å². The van der Waals surface area contributed by atoms with E-state index in [0.717, 1.165) is 18.2 Å². The molecule has 0 radical (unpaired) electrons. The van der Waals surface area contributed by atoms with E-state index >= 15 is 0 Å². The van der Waals surface area contributed by atoms with Gasteiger partial charge in [0.1, 0.15) is 23.2 Å². The van der Waals surface area contributed by atoms with Crippen LogP contribution in [0.5, 0.6) is 5.75 Å². The number of nitrogens with zero attached hydrogens (tertiary/aromatic N) is 2. The van der Waals surface area contributed by atoms with Crippen molar-refractivity contribution in [2.75, 3.05) is 27.7 Å². The van der Waals surface area contributed by atoms with E-state index in [4.69, 9.17) is 9.47 Å². The summed E-state index contributed by atoms with van der Waals surface area (Å²) in [4.78, 5) is 18.2. The molecule has 1 aliphatic heterocycles. The Kier molecular flexibility index (Phi) is 9.37. The van der Waals surface area contributed by atoms with Crippen LogP contribution >= 0.6 is 0 Å². The molecule has 2 aromatic carbocycles. The fraction of sp³-hybridized carbons (Fsp3) is 0.333. The topological polar surface area (TPSA) is 63.7 Å². The van der Waals surface area contributed by atoms with Crippen LogP contribution in [0.4, 0.5) is 13.2 Å². The quantitative estimate of drug-likeness (QED) is 0.396. The minimum absolute atomic E-state index is 0.0768. The number of hydrogen-bond acceptors (Lipinski definition) is 5. The predicted molar refractivity (Wildman–Crippen MR) is 146 cm³/mol. The second-order valence-corrected chi connectivity index (χ2v) is 9.63. The first kappa shape index (κ1) is 28.3. The van der Waals surface area contributed by atoms with E-state index in [2.05, 4.69) is 10.3 Å². The first-order valence-corrected chi connectivity index (χ1v) is 12.8. The third kappa shape index (κ3) is 7.25. The highest BCUT2D eigenvalue weighted by atomic mass is 19.1. The van der Waals surface area contributed by atoms with Gasteiger partial charge in [-0.05, 0) is 49.2 Å². The van der Waals surface area contributed by atoms with Crippen molar-refractivity contribution in [1.82, 2.24) is 15.2 Å². The van der Waals surface area contributed by atoms with E-state index in [1.807, 2.05) is 6.08 Å². The molecular formula is C30H32F3N3O3. The summed E-state index contributed by atoms with van der Waals surface area (Å²) in [5, 5.41) is 3.98. The van der Waals surface area contributed by atoms with Gasteiger partial charge in [-0.25, -0.2) is 13.2 Å². The van der Waals surface area contributed by atoms with Gasteiger partial charge >= 0.3 is 0 Å². The van der Waals surface area contributed by atoms with E-state index in [0.29, 0.717) is 41.6 Å². The van der Waals surface area contributed by atoms with Gasteiger partial charge in [0.25, 0.3) is 0 Å². The number of nitrogens with one attached hydrogen (secondary N) is 1. The van der Waals surface area contributed by atoms with Crippen molar-refractivity contribution in [3.8, 4) is 5.75 Å². The maximum Gasteiger partial charge on any atom is 0.224 e. The number of carbonyl (C=O) groups excluding carboxylic acids is 1. The fourth-order valence-corrected chi connectivity index (χ4v) is 4.55. The monoisotopic (exact) mass is 539 g/mol. The number of pyridine rings is 1. The molecule has 39 heavy (non-hydrogen) atoms. The van der Waals surface area contributed by atoms with Gasteiger partial charge in [0.05, 0.1) is 37.5 Å². The number of ether oxygens (including phenoxy) is 2. The molecule has 1 N–H and O–H groups in total. The number of methoxy groups -OCH3 is 1. The van der Waals surface area contributed by atoms with E-state index in [1.54, 1.807) is 51.6 Å². The van der Waals surface area contributed by atoms with Crippen molar-refractivity contribution in [3.05, 3.63) is 83.3 Å². The summed E-state index contributed by atoms with van der Waals surface area (Å²) in [5.41, 5.74) is 1.19. The summed E-state index contributed by atoms with van der Waals surface area (Å²) < 4.78 is 53.6. The van der Waals surface area contributed by atoms with Crippen molar-refractivity contribution >= 4 is 29.0 Å². The van der Waals surface area contributed by atoms with Crippen LogP contribution in [0.3, 0.4) is 0 Å². The van der Waals surface area contributed by atoms with E-state index in [9.17, 15) is 18.0 Å². The molecule has 0 spiro atoms. The van der Waals surface area contributed by atoms with Crippen molar-refractivity contribution in [1.29, 1.82) is 0 Å². The second-order valence-electron chi connectivity index (χ2n) is 9.63. The molecular weight excluding hydrogens is 507 g/mol. The van der Waals surface area contributed by atoms with Gasteiger partial charge in [0, 0.05) is 43.2 Å². The molecule has 0 bridgehead atoms. The zero-order valence-electron chi connectivity index (χ0n) is 22.2. The van der Waals surface area contributed by atoms with Crippen molar-refractivity contribution in [2.45, 2.75) is 37.5 Å². The molecule has 4 rings (SSSR count). The third-order valence-corrected chi connectivity index (χ3v) is 6.73. The van der Waals surface area contributed by atoms with E-state index < -0.39 is 23.6 Å². The lowest BCUT2D eigenvalue weighted by atomic mass is 9.95. The minimum Gasteiger partial charge on any atom is -0.497 e. The average Bonchev–Trinajstić information content (AvgIpc) is 2.92. The maximum atomic E-state index is 14.7. The molecule has 1 amide bonds. The second kappa shape index (κ2) is 12.9. The summed E-state index contributed by atoms with van der Waals surface area (Å²) in [5.74, 6) is -0.946. The Morgan fingerprint density at radius 3 is 2.72 bits per heavy atom. The van der Waals surface area contributed by atoms with Crippen LogP contribution in [0.1, 0.15) is 30.4 Å². The van der Waals surface area contributed by atoms with Crippen LogP contribution in [0.15, 0.2) is 54.7 Å². The molecule has 0 saturated carbocycles. The highest BCUT2D eigenvalue weighted by Crippen LogP contribution is 2.28. The number of fused-ring (bicyclic) bond motifs is 1. The summed E-state index contributed by atoms with van der Waals surface area (Å²) in [6, 6.07) is 8.45. The Morgan fingerprint density at radius 2 is 1.95 bits per heavy atom. The Balaban J connectivity index is 1.46. The lowest BCUT2D eigenvalue weighted by molar-refractivity contribution is -0.135. The SMILES string of the molecule is COc1ccc2ncc(F)c(C=C[C@@H]3CC[C@@H](NCC=Cc4cc(F)ccc4F)[C@@H](CC(=O)N(C)C)O3)c2c1. The van der Waals surface area contributed by atoms with E-state index in [1.165, 1.54) is 17.2 Å². The smallest absolute Gasteiger partial charge is 0.224 e. The van der Waals surface area contributed by atoms with Crippen LogP contribution in [0, 0.1) is 17.5 Å². The number of benzene rings is 2. The summed E-state index contributed by atoms with van der Waals surface area (Å²) >= 11 is 0. The number of aromatic nitrogens is 1. The molecule has 1 aromatic heterocycles. The molecule has 3 atom stereocenters. The highest BCUT2D eigenvalue weighted by molar-refractivity contribution is 5.89. The molecule has 1 saturated heterocycles. The number of rotatable bonds is 9. The highest BCUT2D eigenvalue weighted by Gasteiger charge is 2.32. The van der Waals surface area contributed by atoms with Gasteiger partial charge in [0.2, 0.25) is 5.91 Å². The maximum absolute atomic E-state index is 14.7. The summed E-state index contributed by atoms with van der Waals surface area (Å²) in [6.45, 7) is 0.382. The summed E-state index contributed by atoms with van der Waals surface area (Å²) in [7, 11) is 4.92. The van der Waals surface area contributed by atoms with Gasteiger partial charge in [-0.15, -0.1) is 0 Å². The molecule has 1 fully saturated rings. The van der Waals surface area contributed by atoms with Gasteiger partial charge < -0.3 is 19.7 Å². The lowest BCUT2D eigenvalue weighted by Crippen LogP contribution is -2.48. The molecule has 6 nitrogen and oxygen atoms in total. The Hall–Kier alpha value is -3.69. The molecule has 3 aromatic rings. The number of hydrogen-bond donors (Lipinski definition) is 1. The normalized spacial score (nSPS) is 19.7. The Morgan fingerprint density at radius 1 is 1.13 bits per heavy atom. The minimum atomic E-state index is -0.509. The van der Waals surface area contributed by atoms with Crippen molar-refractivity contribution < 1.29 is 27.4 Å². The number of amides is 1. The molecule has 2 heterocycles. The molecule has 0 unspecified atom stereocenters. The van der Waals surface area contributed by atoms with Crippen molar-refractivity contribution in [2.24, 2.45) is 0 Å². The number of halogens is 3. The largest absolute Gasteiger partial charge is 0.497 e. The van der Waals surface area contributed by atoms with Gasteiger partial charge in [0.15, 0.2) is 0 Å². The Labute approximate surface area is 226 Å². The van der Waals surface area contributed by atoms with Gasteiger partial charge in [-0.2, -0.15) is 0 Å². The molecule has 9 heteroatoms. The number of carbonyl (C=O) groups is 1. The van der Waals surface area contributed by atoms with Crippen LogP contribution in [0.25, 0.3) is 23.1 Å². The van der Waals surface area contributed by atoms with Gasteiger partial charge in [-0.1, -0.05) is 24.3 Å².